The van der Waals surface area contributed by atoms with Crippen molar-refractivity contribution in [2.45, 2.75) is 92.4 Å². The summed E-state index contributed by atoms with van der Waals surface area (Å²) in [6.45, 7) is 18.8. The normalized spacial score (nSPS) is 22.9. The maximum Gasteiger partial charge on any atom is 0.324 e. The highest BCUT2D eigenvalue weighted by Gasteiger charge is 2.70. The topological polar surface area (TPSA) is 177 Å². The molecule has 0 radical (unpaired) electrons. The summed E-state index contributed by atoms with van der Waals surface area (Å²) in [5.41, 5.74) is -1.61. The molecule has 2 saturated heterocycles. The van der Waals surface area contributed by atoms with Gasteiger partial charge in [0.25, 0.3) is 5.91 Å². The third-order valence-corrected chi connectivity index (χ3v) is 10.1. The van der Waals surface area contributed by atoms with E-state index in [4.69, 9.17) is 6.42 Å². The number of likely N-dealkylation sites (tertiary alicyclic amines) is 1. The fourth-order valence-electron chi connectivity index (χ4n) is 6.95. The van der Waals surface area contributed by atoms with Crippen LogP contribution in [0.3, 0.4) is 0 Å². The van der Waals surface area contributed by atoms with Gasteiger partial charge in [0.15, 0.2) is 0 Å². The first-order chi connectivity index (χ1) is 22.6. The van der Waals surface area contributed by atoms with Crippen LogP contribution in [0.5, 0.6) is 0 Å². The summed E-state index contributed by atoms with van der Waals surface area (Å²) in [7, 11) is 1.55. The van der Waals surface area contributed by atoms with Gasteiger partial charge in [-0.3, -0.25) is 28.9 Å². The molecule has 49 heavy (non-hydrogen) atoms. The van der Waals surface area contributed by atoms with Gasteiger partial charge in [-0.05, 0) is 34.5 Å². The van der Waals surface area contributed by atoms with Gasteiger partial charge in [-0.2, -0.15) is 0 Å². The van der Waals surface area contributed by atoms with E-state index in [1.54, 1.807) is 27.8 Å². The van der Waals surface area contributed by atoms with E-state index in [9.17, 15) is 33.6 Å². The predicted octanol–water partition coefficient (Wildman–Crippen LogP) is 1.26. The number of terminal acetylenes is 1. The maximum absolute atomic E-state index is 14.4. The minimum atomic E-state index is -1.20. The Morgan fingerprint density at radius 1 is 1.10 bits per heavy atom. The highest BCUT2D eigenvalue weighted by atomic mass is 16.2. The van der Waals surface area contributed by atoms with Crippen molar-refractivity contribution < 1.29 is 33.6 Å². The Morgan fingerprint density at radius 3 is 2.24 bits per heavy atom. The summed E-state index contributed by atoms with van der Waals surface area (Å²) in [5.74, 6) is -0.919. The lowest BCUT2D eigenvalue weighted by molar-refractivity contribution is -0.145. The van der Waals surface area contributed by atoms with Crippen molar-refractivity contribution in [3.63, 3.8) is 0 Å². The standard InChI is InChI=1S/C35H53N7O7/c1-12-14-15-21(26(44)29(46)36-16-13-2)38-28(45)25-24-20(35(24,9)10)18-42(25)30(47)27(34(6,7)8)39-32(49)40(11)22(33(3,4)5)19-41-23(43)17-37-31(41)48/h1,13,20-22,24-25,27H,2,14-19H2,3-11H3,(H,36,46)(H,37,48)(H,38,45)(H,39,49)/t20-,21?,22+,24-,25-,27+/m0/s1. The minimum absolute atomic E-state index is 0.0105. The fraction of sp³-hybridized carbons (Fsp3) is 0.686. The van der Waals surface area contributed by atoms with E-state index < -0.39 is 76.5 Å². The van der Waals surface area contributed by atoms with Crippen molar-refractivity contribution in [2.24, 2.45) is 28.1 Å². The molecule has 0 bridgehead atoms. The van der Waals surface area contributed by atoms with Crippen LogP contribution in [-0.4, -0.2) is 114 Å². The molecule has 6 atom stereocenters. The molecule has 8 amide bonds. The SMILES string of the molecule is C#CCCC(NC(=O)[C@@H]1[C@@H]2[C@H](CN1C(=O)[C@@H](NC(=O)N(C)[C@H](CN1C(=O)CNC1=O)C(C)(C)C)C(C)(C)C)C2(C)C)C(=O)C(=O)NCC=C. The van der Waals surface area contributed by atoms with Gasteiger partial charge in [0.2, 0.25) is 23.5 Å². The Bertz CT molecular complexity index is 1400. The summed E-state index contributed by atoms with van der Waals surface area (Å²) in [5, 5.41) is 10.5. The summed E-state index contributed by atoms with van der Waals surface area (Å²) >= 11 is 0. The van der Waals surface area contributed by atoms with Gasteiger partial charge in [-0.25, -0.2) is 9.59 Å². The Hall–Kier alpha value is -4.41. The zero-order valence-corrected chi connectivity index (χ0v) is 30.3. The number of hydrogen-bond acceptors (Lipinski definition) is 7. The van der Waals surface area contributed by atoms with Crippen LogP contribution in [0.1, 0.15) is 68.2 Å². The second-order valence-electron chi connectivity index (χ2n) is 16.0. The first-order valence-corrected chi connectivity index (χ1v) is 16.7. The number of nitrogens with zero attached hydrogens (tertiary/aromatic N) is 3. The molecular formula is C35H53N7O7. The zero-order valence-electron chi connectivity index (χ0n) is 30.3. The number of rotatable bonds is 13. The van der Waals surface area contributed by atoms with Gasteiger partial charge in [-0.15, -0.1) is 18.9 Å². The first-order valence-electron chi connectivity index (χ1n) is 16.7. The molecule has 1 saturated carbocycles. The van der Waals surface area contributed by atoms with Crippen LogP contribution in [0, 0.1) is 40.4 Å². The lowest BCUT2D eigenvalue weighted by Gasteiger charge is -2.42. The Balaban J connectivity index is 1.87. The molecule has 0 spiro atoms. The molecule has 3 rings (SSSR count). The lowest BCUT2D eigenvalue weighted by Crippen LogP contribution is -2.63. The summed E-state index contributed by atoms with van der Waals surface area (Å²) in [6.07, 6.45) is 7.02. The molecule has 270 valence electrons. The molecule has 4 N–H and O–H groups in total. The molecule has 0 aromatic rings. The van der Waals surface area contributed by atoms with Crippen LogP contribution in [0.4, 0.5) is 9.59 Å². The second kappa shape index (κ2) is 14.6. The second-order valence-corrected chi connectivity index (χ2v) is 16.0. The van der Waals surface area contributed by atoms with E-state index in [-0.39, 0.29) is 56.3 Å². The van der Waals surface area contributed by atoms with Crippen molar-refractivity contribution in [3.05, 3.63) is 12.7 Å². The highest BCUT2D eigenvalue weighted by Crippen LogP contribution is 2.65. The molecule has 1 aliphatic carbocycles. The summed E-state index contributed by atoms with van der Waals surface area (Å²) < 4.78 is 0. The summed E-state index contributed by atoms with van der Waals surface area (Å²) in [6, 6.07) is -4.94. The van der Waals surface area contributed by atoms with E-state index in [1.807, 2.05) is 34.6 Å². The van der Waals surface area contributed by atoms with Gasteiger partial charge in [0, 0.05) is 26.6 Å². The molecule has 14 nitrogen and oxygen atoms in total. The van der Waals surface area contributed by atoms with Gasteiger partial charge >= 0.3 is 12.1 Å². The van der Waals surface area contributed by atoms with Crippen LogP contribution in [0.25, 0.3) is 0 Å². The number of piperidine rings is 1. The minimum Gasteiger partial charge on any atom is -0.346 e. The average Bonchev–Trinajstić information content (AvgIpc) is 3.29. The Morgan fingerprint density at radius 2 is 1.73 bits per heavy atom. The molecule has 0 aromatic carbocycles. The van der Waals surface area contributed by atoms with Crippen LogP contribution >= 0.6 is 0 Å². The van der Waals surface area contributed by atoms with Crippen LogP contribution in [0.15, 0.2) is 12.7 Å². The van der Waals surface area contributed by atoms with E-state index in [0.717, 1.165) is 4.90 Å². The molecule has 14 heteroatoms. The largest absolute Gasteiger partial charge is 0.346 e. The van der Waals surface area contributed by atoms with Crippen LogP contribution in [-0.2, 0) is 24.0 Å². The van der Waals surface area contributed by atoms with Crippen molar-refractivity contribution in [2.75, 3.05) is 33.2 Å². The lowest BCUT2D eigenvalue weighted by atomic mass is 9.84. The molecule has 1 unspecified atom stereocenters. The number of ketones is 1. The fourth-order valence-corrected chi connectivity index (χ4v) is 6.95. The number of amides is 8. The first kappa shape index (κ1) is 39.0. The van der Waals surface area contributed by atoms with Gasteiger partial charge in [0.05, 0.1) is 25.2 Å². The van der Waals surface area contributed by atoms with Crippen molar-refractivity contribution in [3.8, 4) is 12.3 Å². The number of hydrogen-bond donors (Lipinski definition) is 4. The molecule has 0 aromatic heterocycles. The van der Waals surface area contributed by atoms with Crippen LogP contribution < -0.4 is 21.3 Å². The van der Waals surface area contributed by atoms with Crippen molar-refractivity contribution >= 4 is 41.5 Å². The number of fused-ring (bicyclic) bond motifs is 1. The van der Waals surface area contributed by atoms with E-state index in [1.165, 1.54) is 15.9 Å². The molecule has 3 fully saturated rings. The third kappa shape index (κ3) is 8.43. The van der Waals surface area contributed by atoms with E-state index in [2.05, 4.69) is 33.8 Å². The zero-order chi connectivity index (χ0) is 37.2. The molecule has 2 heterocycles. The Labute approximate surface area is 289 Å². The number of likely N-dealkylation sites (N-methyl/N-ethyl adjacent to an activating group) is 1. The highest BCUT2D eigenvalue weighted by molar-refractivity contribution is 6.38. The van der Waals surface area contributed by atoms with Gasteiger partial charge in [-0.1, -0.05) is 61.5 Å². The van der Waals surface area contributed by atoms with Gasteiger partial charge < -0.3 is 31.1 Å². The third-order valence-electron chi connectivity index (χ3n) is 10.1. The molecular weight excluding hydrogens is 630 g/mol. The monoisotopic (exact) mass is 683 g/mol. The summed E-state index contributed by atoms with van der Waals surface area (Å²) in [4.78, 5) is 96.5. The average molecular weight is 684 g/mol. The number of nitrogens with one attached hydrogen (secondary N) is 4. The molecule has 3 aliphatic rings. The molecule has 2 aliphatic heterocycles. The van der Waals surface area contributed by atoms with Gasteiger partial charge in [0.1, 0.15) is 12.1 Å². The number of urea groups is 2. The number of carbonyl (C=O) groups is 7. The number of imide groups is 1. The van der Waals surface area contributed by atoms with E-state index >= 15 is 0 Å². The van der Waals surface area contributed by atoms with E-state index in [0.29, 0.717) is 0 Å². The van der Waals surface area contributed by atoms with Crippen molar-refractivity contribution in [1.82, 2.24) is 36.0 Å². The quantitative estimate of drug-likeness (QED) is 0.0978. The van der Waals surface area contributed by atoms with Crippen LogP contribution in [0.2, 0.25) is 0 Å². The predicted molar refractivity (Wildman–Crippen MR) is 182 cm³/mol. The smallest absolute Gasteiger partial charge is 0.324 e. The Kier molecular flexibility index (Phi) is 11.6. The number of carbonyl (C=O) groups excluding carboxylic acids is 7. The van der Waals surface area contributed by atoms with Crippen molar-refractivity contribution in [1.29, 1.82) is 0 Å². The number of Topliss-reactive ketones (excluding diaryl/α,β-unsaturated/α-hetero) is 1. The maximum atomic E-state index is 14.4.